The highest BCUT2D eigenvalue weighted by atomic mass is 19.3. The zero-order valence-corrected chi connectivity index (χ0v) is 15.9. The van der Waals surface area contributed by atoms with Gasteiger partial charge >= 0.3 is 6.61 Å². The molecule has 8 heteroatoms. The largest absolute Gasteiger partial charge is 0.435 e. The van der Waals surface area contributed by atoms with Crippen LogP contribution in [-0.4, -0.2) is 25.9 Å². The number of hydrogen-bond donors (Lipinski definition) is 0. The molecule has 0 atom stereocenters. The van der Waals surface area contributed by atoms with E-state index in [4.69, 9.17) is 0 Å². The van der Waals surface area contributed by atoms with E-state index in [-0.39, 0.29) is 11.3 Å². The van der Waals surface area contributed by atoms with Crippen molar-refractivity contribution in [1.82, 2.24) is 19.3 Å². The molecule has 1 saturated carbocycles. The van der Waals surface area contributed by atoms with E-state index >= 15 is 0 Å². The first kappa shape index (κ1) is 18.5. The lowest BCUT2D eigenvalue weighted by Gasteiger charge is -2.13. The first-order chi connectivity index (χ1) is 14.6. The van der Waals surface area contributed by atoms with Gasteiger partial charge in [0.1, 0.15) is 11.3 Å². The van der Waals surface area contributed by atoms with Crippen LogP contribution >= 0.6 is 0 Å². The SMILES string of the molecule is O=c1c(-c2ccc(OC(F)F)cc2)c2c(ccn2CC2CC2)nn1-c1ccncc1. The maximum absolute atomic E-state index is 13.5. The Hall–Kier alpha value is -3.55. The number of halogens is 2. The molecule has 6 nitrogen and oxygen atoms in total. The van der Waals surface area contributed by atoms with Crippen molar-refractivity contribution in [3.05, 3.63) is 71.4 Å². The molecule has 1 aliphatic rings. The number of ether oxygens (including phenoxy) is 1. The summed E-state index contributed by atoms with van der Waals surface area (Å²) in [6, 6.07) is 11.5. The van der Waals surface area contributed by atoms with Crippen LogP contribution in [-0.2, 0) is 6.54 Å². The lowest BCUT2D eigenvalue weighted by atomic mass is 10.1. The zero-order chi connectivity index (χ0) is 20.7. The summed E-state index contributed by atoms with van der Waals surface area (Å²) in [6.07, 6.45) is 7.50. The lowest BCUT2D eigenvalue weighted by molar-refractivity contribution is -0.0498. The van der Waals surface area contributed by atoms with Gasteiger partial charge in [-0.25, -0.2) is 0 Å². The van der Waals surface area contributed by atoms with Gasteiger partial charge in [0.05, 0.1) is 16.8 Å². The Morgan fingerprint density at radius 1 is 1.07 bits per heavy atom. The molecule has 4 aromatic rings. The minimum atomic E-state index is -2.90. The van der Waals surface area contributed by atoms with E-state index in [9.17, 15) is 13.6 Å². The smallest absolute Gasteiger partial charge is 0.387 e. The van der Waals surface area contributed by atoms with Crippen molar-refractivity contribution in [1.29, 1.82) is 0 Å². The summed E-state index contributed by atoms with van der Waals surface area (Å²) in [4.78, 5) is 17.5. The summed E-state index contributed by atoms with van der Waals surface area (Å²) < 4.78 is 32.9. The van der Waals surface area contributed by atoms with E-state index in [1.165, 1.54) is 29.7 Å². The molecular formula is C22H18F2N4O2. The highest BCUT2D eigenvalue weighted by Gasteiger charge is 2.24. The molecule has 0 unspecified atom stereocenters. The molecule has 3 heterocycles. The second kappa shape index (κ2) is 7.37. The van der Waals surface area contributed by atoms with E-state index < -0.39 is 6.61 Å². The highest BCUT2D eigenvalue weighted by molar-refractivity contribution is 5.91. The number of pyridine rings is 1. The normalized spacial score (nSPS) is 13.8. The van der Waals surface area contributed by atoms with Crippen LogP contribution in [0.5, 0.6) is 5.75 Å². The van der Waals surface area contributed by atoms with Gasteiger partial charge in [-0.3, -0.25) is 9.78 Å². The molecule has 0 saturated heterocycles. The molecule has 0 spiro atoms. The van der Waals surface area contributed by atoms with Gasteiger partial charge in [0.15, 0.2) is 0 Å². The van der Waals surface area contributed by atoms with Crippen LogP contribution in [0.25, 0.3) is 27.8 Å². The molecule has 3 aromatic heterocycles. The summed E-state index contributed by atoms with van der Waals surface area (Å²) >= 11 is 0. The van der Waals surface area contributed by atoms with Crippen molar-refractivity contribution in [3.8, 4) is 22.6 Å². The van der Waals surface area contributed by atoms with Crippen LogP contribution in [0, 0.1) is 5.92 Å². The van der Waals surface area contributed by atoms with Crippen molar-refractivity contribution in [2.45, 2.75) is 26.0 Å². The first-order valence-electron chi connectivity index (χ1n) is 9.68. The number of rotatable bonds is 6. The van der Waals surface area contributed by atoms with Crippen molar-refractivity contribution in [3.63, 3.8) is 0 Å². The maximum atomic E-state index is 13.5. The van der Waals surface area contributed by atoms with Crippen LogP contribution in [0.15, 0.2) is 65.8 Å². The third kappa shape index (κ3) is 3.45. The molecule has 0 aliphatic heterocycles. The van der Waals surface area contributed by atoms with Gasteiger partial charge in [0.25, 0.3) is 5.56 Å². The molecule has 0 N–H and O–H groups in total. The number of aromatic nitrogens is 4. The van der Waals surface area contributed by atoms with Gasteiger partial charge in [-0.05, 0) is 54.7 Å². The third-order valence-electron chi connectivity index (χ3n) is 5.22. The summed E-state index contributed by atoms with van der Waals surface area (Å²) in [7, 11) is 0. The van der Waals surface area contributed by atoms with Gasteiger partial charge in [0.2, 0.25) is 0 Å². The molecule has 30 heavy (non-hydrogen) atoms. The predicted octanol–water partition coefficient (Wildman–Crippen LogP) is 4.26. The van der Waals surface area contributed by atoms with Crippen molar-refractivity contribution in [2.24, 2.45) is 5.92 Å². The fourth-order valence-corrected chi connectivity index (χ4v) is 3.63. The van der Waals surface area contributed by atoms with Crippen molar-refractivity contribution in [2.75, 3.05) is 0 Å². The topological polar surface area (TPSA) is 61.9 Å². The van der Waals surface area contributed by atoms with E-state index in [1.807, 2.05) is 12.3 Å². The van der Waals surface area contributed by atoms with Crippen LogP contribution < -0.4 is 10.3 Å². The number of fused-ring (bicyclic) bond motifs is 1. The van der Waals surface area contributed by atoms with Gasteiger partial charge in [-0.15, -0.1) is 0 Å². The Balaban J connectivity index is 1.71. The molecule has 5 rings (SSSR count). The van der Waals surface area contributed by atoms with Gasteiger partial charge in [0, 0.05) is 25.1 Å². The predicted molar refractivity (Wildman–Crippen MR) is 108 cm³/mol. The average molecular weight is 408 g/mol. The summed E-state index contributed by atoms with van der Waals surface area (Å²) in [5.41, 5.74) is 2.85. The summed E-state index contributed by atoms with van der Waals surface area (Å²) in [6.45, 7) is -2.08. The minimum Gasteiger partial charge on any atom is -0.435 e. The van der Waals surface area contributed by atoms with Gasteiger partial charge < -0.3 is 9.30 Å². The summed E-state index contributed by atoms with van der Waals surface area (Å²) in [5.74, 6) is 0.653. The Bertz CT molecular complexity index is 1250. The minimum absolute atomic E-state index is 0.0434. The van der Waals surface area contributed by atoms with E-state index in [2.05, 4.69) is 19.4 Å². The molecule has 1 aliphatic carbocycles. The highest BCUT2D eigenvalue weighted by Crippen LogP contribution is 2.34. The number of benzene rings is 1. The van der Waals surface area contributed by atoms with Crippen molar-refractivity contribution < 1.29 is 13.5 Å². The molecule has 152 valence electrons. The standard InChI is InChI=1S/C22H18F2N4O2/c23-22(24)30-17-5-3-15(4-6-17)19-20-18(9-12-27(20)13-14-1-2-14)26-28(21(19)29)16-7-10-25-11-8-16/h3-12,14,22H,1-2,13H2. The second-order valence-electron chi connectivity index (χ2n) is 7.35. The van der Waals surface area contributed by atoms with E-state index in [0.29, 0.717) is 28.2 Å². The maximum Gasteiger partial charge on any atom is 0.387 e. The van der Waals surface area contributed by atoms with Crippen LogP contribution in [0.3, 0.4) is 0 Å². The van der Waals surface area contributed by atoms with E-state index in [0.717, 1.165) is 12.1 Å². The Kier molecular flexibility index (Phi) is 4.54. The quantitative estimate of drug-likeness (QED) is 0.478. The first-order valence-corrected chi connectivity index (χ1v) is 9.68. The summed E-state index contributed by atoms with van der Waals surface area (Å²) in [5, 5.41) is 4.57. The average Bonchev–Trinajstić information content (AvgIpc) is 3.48. The fourth-order valence-electron chi connectivity index (χ4n) is 3.63. The number of hydrogen-bond acceptors (Lipinski definition) is 4. The van der Waals surface area contributed by atoms with Crippen molar-refractivity contribution >= 4 is 11.0 Å². The fraction of sp³-hybridized carbons (Fsp3) is 0.227. The Morgan fingerprint density at radius 2 is 1.80 bits per heavy atom. The second-order valence-corrected chi connectivity index (χ2v) is 7.35. The molecule has 0 bridgehead atoms. The van der Waals surface area contributed by atoms with Crippen LogP contribution in [0.4, 0.5) is 8.78 Å². The van der Waals surface area contributed by atoms with Crippen LogP contribution in [0.1, 0.15) is 12.8 Å². The molecular weight excluding hydrogens is 390 g/mol. The van der Waals surface area contributed by atoms with E-state index in [1.54, 1.807) is 36.7 Å². The monoisotopic (exact) mass is 408 g/mol. The number of alkyl halides is 2. The molecule has 1 aromatic carbocycles. The molecule has 0 amide bonds. The Morgan fingerprint density at radius 3 is 2.47 bits per heavy atom. The molecule has 1 fully saturated rings. The lowest BCUT2D eigenvalue weighted by Crippen LogP contribution is -2.24. The van der Waals surface area contributed by atoms with Gasteiger partial charge in [-0.2, -0.15) is 18.6 Å². The zero-order valence-electron chi connectivity index (χ0n) is 15.9. The molecule has 0 radical (unpaired) electrons. The Labute approximate surface area is 170 Å². The number of nitrogens with zero attached hydrogens (tertiary/aromatic N) is 4. The third-order valence-corrected chi connectivity index (χ3v) is 5.22. The van der Waals surface area contributed by atoms with Gasteiger partial charge in [-0.1, -0.05) is 12.1 Å². The van der Waals surface area contributed by atoms with Crippen LogP contribution in [0.2, 0.25) is 0 Å².